The summed E-state index contributed by atoms with van der Waals surface area (Å²) in [5.41, 5.74) is 7.78. The number of nitrogens with zero attached hydrogens (tertiary/aromatic N) is 1. The Hall–Kier alpha value is -1.06. The number of hydrogen-bond acceptors (Lipinski definition) is 3. The van der Waals surface area contributed by atoms with E-state index in [1.807, 2.05) is 24.2 Å². The van der Waals surface area contributed by atoms with Gasteiger partial charge in [0, 0.05) is 24.7 Å². The molecule has 0 aromatic heterocycles. The Balaban J connectivity index is 2.80. The SMILES string of the molecule is CON(C)CC(C)(C)c1ccc(N)cc1. The summed E-state index contributed by atoms with van der Waals surface area (Å²) < 4.78 is 0. The van der Waals surface area contributed by atoms with Crippen LogP contribution in [-0.4, -0.2) is 25.8 Å². The van der Waals surface area contributed by atoms with Crippen LogP contribution in [0.4, 0.5) is 5.69 Å². The lowest BCUT2D eigenvalue weighted by atomic mass is 9.84. The number of benzene rings is 1. The van der Waals surface area contributed by atoms with Crippen molar-refractivity contribution in [3.8, 4) is 0 Å². The molecule has 1 aromatic carbocycles. The molecule has 0 atom stereocenters. The highest BCUT2D eigenvalue weighted by molar-refractivity contribution is 5.41. The Kier molecular flexibility index (Phi) is 3.72. The quantitative estimate of drug-likeness (QED) is 0.608. The van der Waals surface area contributed by atoms with Crippen LogP contribution in [0, 0.1) is 0 Å². The molecule has 0 unspecified atom stereocenters. The van der Waals surface area contributed by atoms with Gasteiger partial charge in [-0.1, -0.05) is 26.0 Å². The zero-order valence-electron chi connectivity index (χ0n) is 9.95. The highest BCUT2D eigenvalue weighted by atomic mass is 16.7. The van der Waals surface area contributed by atoms with Gasteiger partial charge >= 0.3 is 0 Å². The fourth-order valence-electron chi connectivity index (χ4n) is 1.65. The standard InChI is InChI=1S/C12H20N2O/c1-12(2,9-14(3)15-4)10-5-7-11(13)8-6-10/h5-8H,9,13H2,1-4H3. The Morgan fingerprint density at radius 2 is 1.80 bits per heavy atom. The predicted octanol–water partition coefficient (Wildman–Crippen LogP) is 2.04. The van der Waals surface area contributed by atoms with Gasteiger partial charge < -0.3 is 10.6 Å². The zero-order chi connectivity index (χ0) is 11.5. The molecule has 1 rings (SSSR count). The second-order valence-electron chi connectivity index (χ2n) is 4.47. The highest BCUT2D eigenvalue weighted by Gasteiger charge is 2.22. The molecular formula is C12H20N2O. The van der Waals surface area contributed by atoms with Gasteiger partial charge in [-0.2, -0.15) is 5.06 Å². The van der Waals surface area contributed by atoms with E-state index in [0.717, 1.165) is 12.2 Å². The van der Waals surface area contributed by atoms with E-state index in [1.165, 1.54) is 5.56 Å². The molecule has 1 aromatic rings. The molecule has 0 amide bonds. The topological polar surface area (TPSA) is 38.5 Å². The van der Waals surface area contributed by atoms with Gasteiger partial charge in [0.2, 0.25) is 0 Å². The summed E-state index contributed by atoms with van der Waals surface area (Å²) in [5.74, 6) is 0. The van der Waals surface area contributed by atoms with Crippen LogP contribution in [0.5, 0.6) is 0 Å². The third-order valence-corrected chi connectivity index (χ3v) is 2.62. The van der Waals surface area contributed by atoms with Gasteiger partial charge in [0.05, 0.1) is 7.11 Å². The Morgan fingerprint density at radius 1 is 1.27 bits per heavy atom. The minimum absolute atomic E-state index is 0.0540. The minimum atomic E-state index is 0.0540. The maximum Gasteiger partial charge on any atom is 0.0575 e. The number of hydroxylamine groups is 2. The van der Waals surface area contributed by atoms with Crippen molar-refractivity contribution < 1.29 is 4.84 Å². The van der Waals surface area contributed by atoms with E-state index in [-0.39, 0.29) is 5.41 Å². The van der Waals surface area contributed by atoms with E-state index in [0.29, 0.717) is 0 Å². The van der Waals surface area contributed by atoms with Crippen molar-refractivity contribution in [1.29, 1.82) is 0 Å². The monoisotopic (exact) mass is 208 g/mol. The van der Waals surface area contributed by atoms with Crippen molar-refractivity contribution in [2.24, 2.45) is 0 Å². The number of hydrogen-bond donors (Lipinski definition) is 1. The summed E-state index contributed by atoms with van der Waals surface area (Å²) in [5, 5.41) is 1.83. The van der Waals surface area contributed by atoms with Crippen molar-refractivity contribution in [3.63, 3.8) is 0 Å². The zero-order valence-corrected chi connectivity index (χ0v) is 9.95. The van der Waals surface area contributed by atoms with Crippen molar-refractivity contribution in [2.45, 2.75) is 19.3 Å². The molecule has 0 saturated heterocycles. The van der Waals surface area contributed by atoms with Crippen LogP contribution < -0.4 is 5.73 Å². The number of nitrogens with two attached hydrogens (primary N) is 1. The fourth-order valence-corrected chi connectivity index (χ4v) is 1.65. The van der Waals surface area contributed by atoms with Crippen molar-refractivity contribution in [1.82, 2.24) is 5.06 Å². The lowest BCUT2D eigenvalue weighted by Gasteiger charge is -2.29. The first-order valence-corrected chi connectivity index (χ1v) is 5.07. The van der Waals surface area contributed by atoms with Crippen LogP contribution in [0.3, 0.4) is 0 Å². The van der Waals surface area contributed by atoms with Gasteiger partial charge in [-0.25, -0.2) is 0 Å². The minimum Gasteiger partial charge on any atom is -0.399 e. The summed E-state index contributed by atoms with van der Waals surface area (Å²) in [7, 11) is 3.61. The Bertz CT molecular complexity index is 306. The first-order valence-electron chi connectivity index (χ1n) is 5.07. The van der Waals surface area contributed by atoms with Gasteiger partial charge in [-0.3, -0.25) is 0 Å². The second kappa shape index (κ2) is 4.64. The van der Waals surface area contributed by atoms with Gasteiger partial charge in [0.25, 0.3) is 0 Å². The molecule has 0 spiro atoms. The molecule has 0 heterocycles. The Morgan fingerprint density at radius 3 is 2.27 bits per heavy atom. The average Bonchev–Trinajstić information content (AvgIpc) is 2.17. The van der Waals surface area contributed by atoms with Crippen LogP contribution in [0.2, 0.25) is 0 Å². The smallest absolute Gasteiger partial charge is 0.0575 e. The normalized spacial score (nSPS) is 12.1. The third-order valence-electron chi connectivity index (χ3n) is 2.62. The number of nitrogen functional groups attached to an aromatic ring is 1. The third kappa shape index (κ3) is 3.22. The lowest BCUT2D eigenvalue weighted by Crippen LogP contribution is -2.33. The molecule has 0 aliphatic rings. The number of anilines is 1. The van der Waals surface area contributed by atoms with Crippen LogP contribution in [0.15, 0.2) is 24.3 Å². The number of likely N-dealkylation sites (N-methyl/N-ethyl adjacent to an activating group) is 1. The molecule has 3 nitrogen and oxygen atoms in total. The highest BCUT2D eigenvalue weighted by Crippen LogP contribution is 2.24. The van der Waals surface area contributed by atoms with Crippen LogP contribution in [0.1, 0.15) is 19.4 Å². The summed E-state index contributed by atoms with van der Waals surface area (Å²) in [6, 6.07) is 8.01. The van der Waals surface area contributed by atoms with Crippen LogP contribution >= 0.6 is 0 Å². The van der Waals surface area contributed by atoms with Crippen molar-refractivity contribution in [3.05, 3.63) is 29.8 Å². The summed E-state index contributed by atoms with van der Waals surface area (Å²) in [4.78, 5) is 5.14. The predicted molar refractivity (Wildman–Crippen MR) is 63.5 cm³/mol. The van der Waals surface area contributed by atoms with Crippen LogP contribution in [-0.2, 0) is 10.3 Å². The van der Waals surface area contributed by atoms with E-state index in [4.69, 9.17) is 10.6 Å². The molecule has 0 saturated carbocycles. The molecule has 0 radical (unpaired) electrons. The molecule has 15 heavy (non-hydrogen) atoms. The first-order chi connectivity index (χ1) is 6.95. The van der Waals surface area contributed by atoms with Crippen molar-refractivity contribution in [2.75, 3.05) is 26.4 Å². The number of rotatable bonds is 4. The Labute approximate surface area is 91.8 Å². The van der Waals surface area contributed by atoms with Gasteiger partial charge in [-0.15, -0.1) is 0 Å². The average molecular weight is 208 g/mol. The van der Waals surface area contributed by atoms with Gasteiger partial charge in [0.15, 0.2) is 0 Å². The van der Waals surface area contributed by atoms with E-state index in [2.05, 4.69) is 26.0 Å². The largest absolute Gasteiger partial charge is 0.399 e. The van der Waals surface area contributed by atoms with E-state index in [1.54, 1.807) is 7.11 Å². The molecule has 0 aliphatic carbocycles. The molecule has 2 N–H and O–H groups in total. The fraction of sp³-hybridized carbons (Fsp3) is 0.500. The first kappa shape index (κ1) is 12.0. The second-order valence-corrected chi connectivity index (χ2v) is 4.47. The maximum absolute atomic E-state index is 5.66. The molecule has 3 heteroatoms. The molecular weight excluding hydrogens is 188 g/mol. The summed E-state index contributed by atoms with van der Waals surface area (Å²) in [6.07, 6.45) is 0. The van der Waals surface area contributed by atoms with Crippen LogP contribution in [0.25, 0.3) is 0 Å². The summed E-state index contributed by atoms with van der Waals surface area (Å²) >= 11 is 0. The maximum atomic E-state index is 5.66. The van der Waals surface area contributed by atoms with Gasteiger partial charge in [0.1, 0.15) is 0 Å². The molecule has 84 valence electrons. The van der Waals surface area contributed by atoms with Gasteiger partial charge in [-0.05, 0) is 17.7 Å². The van der Waals surface area contributed by atoms with E-state index < -0.39 is 0 Å². The van der Waals surface area contributed by atoms with Crippen molar-refractivity contribution >= 4 is 5.69 Å². The molecule has 0 bridgehead atoms. The van der Waals surface area contributed by atoms with E-state index >= 15 is 0 Å². The molecule has 0 aliphatic heterocycles. The summed E-state index contributed by atoms with van der Waals surface area (Å²) in [6.45, 7) is 5.22. The molecule has 0 fully saturated rings. The lowest BCUT2D eigenvalue weighted by molar-refractivity contribution is -0.119. The van der Waals surface area contributed by atoms with E-state index in [9.17, 15) is 0 Å².